The molecule has 0 aromatic heterocycles. The van der Waals surface area contributed by atoms with Crippen LogP contribution in [-0.4, -0.2) is 41.1 Å². The number of benzene rings is 2. The molecule has 3 aliphatic heterocycles. The number of imide groups is 1. The number of fused-ring (bicyclic) bond motifs is 4. The fraction of sp³-hybridized carbons (Fsp3) is 0.333. The molecule has 8 nitrogen and oxygen atoms in total. The van der Waals surface area contributed by atoms with Crippen molar-refractivity contribution in [2.75, 3.05) is 11.9 Å². The highest BCUT2D eigenvalue weighted by Crippen LogP contribution is 2.54. The first-order chi connectivity index (χ1) is 15.7. The molecule has 5 rings (SSSR count). The quantitative estimate of drug-likeness (QED) is 0.576. The van der Waals surface area contributed by atoms with E-state index in [9.17, 15) is 19.2 Å². The van der Waals surface area contributed by atoms with Crippen molar-refractivity contribution in [1.29, 1.82) is 0 Å². The molecule has 2 fully saturated rings. The maximum atomic E-state index is 13.7. The summed E-state index contributed by atoms with van der Waals surface area (Å²) < 4.78 is 0. The van der Waals surface area contributed by atoms with E-state index in [1.165, 1.54) is 4.90 Å². The zero-order valence-electron chi connectivity index (χ0n) is 17.9. The third-order valence-corrected chi connectivity index (χ3v) is 7.18. The summed E-state index contributed by atoms with van der Waals surface area (Å²) in [7, 11) is 0. The van der Waals surface area contributed by atoms with Crippen molar-refractivity contribution in [3.8, 4) is 0 Å². The van der Waals surface area contributed by atoms with Crippen molar-refractivity contribution >= 4 is 40.9 Å². The minimum atomic E-state index is -1.50. The maximum absolute atomic E-state index is 13.7. The normalized spacial score (nSPS) is 27.8. The number of primary amides is 1. The molecular weight excluding hydrogens is 444 g/mol. The standard InChI is InChI=1S/C24H23ClN4O4/c1-12-9-14(25)10-15-20(12)27-23(33)24(15)19-18(16(28-24)11-17(26)30)21(31)29(22(19)32)8-7-13-5-3-2-4-6-13/h2-6,9-10,16,18-19,28H,7-8,11H2,1H3,(H2,26,30)(H,27,33)/t16-,18+,19+,24-/m0/s1. The predicted molar refractivity (Wildman–Crippen MR) is 121 cm³/mol. The third-order valence-electron chi connectivity index (χ3n) is 6.97. The molecule has 4 N–H and O–H groups in total. The average Bonchev–Trinajstić information content (AvgIpc) is 3.33. The van der Waals surface area contributed by atoms with Gasteiger partial charge in [0.05, 0.1) is 11.8 Å². The van der Waals surface area contributed by atoms with Crippen LogP contribution >= 0.6 is 11.6 Å². The summed E-state index contributed by atoms with van der Waals surface area (Å²) in [6.45, 7) is 2.00. The molecule has 0 saturated carbocycles. The second-order valence-corrected chi connectivity index (χ2v) is 9.33. The van der Waals surface area contributed by atoms with E-state index in [0.29, 0.717) is 22.7 Å². The molecule has 2 aromatic rings. The van der Waals surface area contributed by atoms with Crippen molar-refractivity contribution in [2.45, 2.75) is 31.3 Å². The maximum Gasteiger partial charge on any atom is 0.250 e. The Balaban J connectivity index is 1.57. The number of anilines is 1. The first kappa shape index (κ1) is 21.6. The highest BCUT2D eigenvalue weighted by Gasteiger charge is 2.70. The van der Waals surface area contributed by atoms with Gasteiger partial charge >= 0.3 is 0 Å². The van der Waals surface area contributed by atoms with E-state index >= 15 is 0 Å². The Morgan fingerprint density at radius 2 is 1.88 bits per heavy atom. The van der Waals surface area contributed by atoms with Crippen LogP contribution in [0.3, 0.4) is 0 Å². The lowest BCUT2D eigenvalue weighted by Gasteiger charge is -2.29. The number of amides is 4. The number of hydrogen-bond donors (Lipinski definition) is 3. The van der Waals surface area contributed by atoms with Gasteiger partial charge in [-0.15, -0.1) is 0 Å². The van der Waals surface area contributed by atoms with Crippen LogP contribution in [0.1, 0.15) is 23.1 Å². The molecule has 33 heavy (non-hydrogen) atoms. The summed E-state index contributed by atoms with van der Waals surface area (Å²) in [6.07, 6.45) is 0.322. The van der Waals surface area contributed by atoms with Crippen molar-refractivity contribution < 1.29 is 19.2 Å². The van der Waals surface area contributed by atoms with E-state index in [0.717, 1.165) is 11.1 Å². The molecule has 1 spiro atoms. The largest absolute Gasteiger partial charge is 0.370 e. The van der Waals surface area contributed by atoms with Gasteiger partial charge in [0.2, 0.25) is 23.6 Å². The number of hydrogen-bond acceptors (Lipinski definition) is 5. The smallest absolute Gasteiger partial charge is 0.250 e. The Morgan fingerprint density at radius 1 is 1.15 bits per heavy atom. The van der Waals surface area contributed by atoms with Crippen molar-refractivity contribution in [3.05, 3.63) is 64.2 Å². The predicted octanol–water partition coefficient (Wildman–Crippen LogP) is 1.49. The lowest BCUT2D eigenvalue weighted by Crippen LogP contribution is -2.53. The zero-order valence-corrected chi connectivity index (χ0v) is 18.7. The highest BCUT2D eigenvalue weighted by atomic mass is 35.5. The number of halogens is 1. The summed E-state index contributed by atoms with van der Waals surface area (Å²) in [6, 6.07) is 12.2. The summed E-state index contributed by atoms with van der Waals surface area (Å²) in [5.41, 5.74) is 6.79. The van der Waals surface area contributed by atoms with Crippen LogP contribution in [0.2, 0.25) is 5.02 Å². The Morgan fingerprint density at radius 3 is 2.58 bits per heavy atom. The SMILES string of the molecule is Cc1cc(Cl)cc2c1NC(=O)[C@]21N[C@@H](CC(N)=O)[C@H]2C(=O)N(CCc3ccccc3)C(=O)[C@@H]21. The number of carbonyl (C=O) groups excluding carboxylic acids is 4. The van der Waals surface area contributed by atoms with Gasteiger partial charge in [-0.1, -0.05) is 41.9 Å². The summed E-state index contributed by atoms with van der Waals surface area (Å²) in [4.78, 5) is 53.6. The first-order valence-electron chi connectivity index (χ1n) is 10.8. The molecule has 3 aliphatic rings. The minimum Gasteiger partial charge on any atom is -0.370 e. The van der Waals surface area contributed by atoms with Gasteiger partial charge in [-0.05, 0) is 36.6 Å². The fourth-order valence-electron chi connectivity index (χ4n) is 5.59. The summed E-state index contributed by atoms with van der Waals surface area (Å²) >= 11 is 6.31. The highest BCUT2D eigenvalue weighted by molar-refractivity contribution is 6.31. The molecule has 3 heterocycles. The second kappa shape index (κ2) is 7.67. The van der Waals surface area contributed by atoms with E-state index in [2.05, 4.69) is 10.6 Å². The van der Waals surface area contributed by atoms with Crippen LogP contribution < -0.4 is 16.4 Å². The molecular formula is C24H23ClN4O4. The van der Waals surface area contributed by atoms with Gasteiger partial charge in [-0.2, -0.15) is 0 Å². The van der Waals surface area contributed by atoms with Gasteiger partial charge in [0.25, 0.3) is 0 Å². The Hall–Kier alpha value is -3.23. The molecule has 0 bridgehead atoms. The fourth-order valence-corrected chi connectivity index (χ4v) is 5.86. The van der Waals surface area contributed by atoms with E-state index in [1.807, 2.05) is 37.3 Å². The summed E-state index contributed by atoms with van der Waals surface area (Å²) in [5, 5.41) is 6.45. The van der Waals surface area contributed by atoms with E-state index in [-0.39, 0.29) is 13.0 Å². The van der Waals surface area contributed by atoms with E-state index in [1.54, 1.807) is 12.1 Å². The molecule has 0 unspecified atom stereocenters. The number of aryl methyl sites for hydroxylation is 1. The van der Waals surface area contributed by atoms with E-state index < -0.39 is 47.0 Å². The summed E-state index contributed by atoms with van der Waals surface area (Å²) in [5.74, 6) is -3.75. The number of rotatable bonds is 5. The zero-order chi connectivity index (χ0) is 23.5. The molecule has 0 aliphatic carbocycles. The molecule has 4 amide bonds. The molecule has 2 aromatic carbocycles. The molecule has 0 radical (unpaired) electrons. The minimum absolute atomic E-state index is 0.170. The Bertz CT molecular complexity index is 1200. The molecule has 4 atom stereocenters. The van der Waals surface area contributed by atoms with Crippen molar-refractivity contribution in [3.63, 3.8) is 0 Å². The van der Waals surface area contributed by atoms with Gasteiger partial charge in [0, 0.05) is 35.3 Å². The monoisotopic (exact) mass is 466 g/mol. The number of carbonyl (C=O) groups is 4. The molecule has 9 heteroatoms. The van der Waals surface area contributed by atoms with Crippen molar-refractivity contribution in [1.82, 2.24) is 10.2 Å². The lowest BCUT2D eigenvalue weighted by molar-refractivity contribution is -0.142. The van der Waals surface area contributed by atoms with E-state index in [4.69, 9.17) is 17.3 Å². The van der Waals surface area contributed by atoms with Crippen molar-refractivity contribution in [2.24, 2.45) is 17.6 Å². The number of nitrogens with zero attached hydrogens (tertiary/aromatic N) is 1. The van der Waals surface area contributed by atoms with Crippen LogP contribution in [-0.2, 0) is 31.1 Å². The Kier molecular flexibility index (Phi) is 5.02. The number of nitrogens with two attached hydrogens (primary N) is 1. The Labute approximate surface area is 195 Å². The van der Waals surface area contributed by atoms with Crippen LogP contribution in [0.25, 0.3) is 0 Å². The van der Waals surface area contributed by atoms with Crippen LogP contribution in [0.5, 0.6) is 0 Å². The van der Waals surface area contributed by atoms with Gasteiger partial charge in [-0.25, -0.2) is 0 Å². The van der Waals surface area contributed by atoms with Gasteiger partial charge < -0.3 is 11.1 Å². The second-order valence-electron chi connectivity index (χ2n) is 8.90. The van der Waals surface area contributed by atoms with Gasteiger partial charge in [-0.3, -0.25) is 29.4 Å². The number of nitrogens with one attached hydrogen (secondary N) is 2. The third kappa shape index (κ3) is 3.16. The van der Waals surface area contributed by atoms with Crippen LogP contribution in [0.4, 0.5) is 5.69 Å². The first-order valence-corrected chi connectivity index (χ1v) is 11.2. The number of likely N-dealkylation sites (tertiary alicyclic amines) is 1. The molecule has 170 valence electrons. The van der Waals surface area contributed by atoms with Crippen LogP contribution in [0.15, 0.2) is 42.5 Å². The van der Waals surface area contributed by atoms with Gasteiger partial charge in [0.1, 0.15) is 5.54 Å². The lowest BCUT2D eigenvalue weighted by atomic mass is 9.76. The molecule has 2 saturated heterocycles. The van der Waals surface area contributed by atoms with Crippen LogP contribution in [0, 0.1) is 18.8 Å². The average molecular weight is 467 g/mol. The topological polar surface area (TPSA) is 122 Å². The van der Waals surface area contributed by atoms with Gasteiger partial charge in [0.15, 0.2) is 0 Å².